The van der Waals surface area contributed by atoms with Crippen LogP contribution in [0.1, 0.15) is 41.3 Å². The maximum atomic E-state index is 12.2. The number of aromatic nitrogens is 1. The number of hydrogen-bond acceptors (Lipinski definition) is 4. The normalized spacial score (nSPS) is 24.2. The summed E-state index contributed by atoms with van der Waals surface area (Å²) in [6.45, 7) is 4.84. The molecule has 1 aromatic heterocycles. The van der Waals surface area contributed by atoms with Gasteiger partial charge in [-0.05, 0) is 52.0 Å². The predicted molar refractivity (Wildman–Crippen MR) is 74.8 cm³/mol. The van der Waals surface area contributed by atoms with Gasteiger partial charge in [0.15, 0.2) is 0 Å². The van der Waals surface area contributed by atoms with Crippen LogP contribution in [0.25, 0.3) is 0 Å². The van der Waals surface area contributed by atoms with E-state index in [2.05, 4.69) is 11.9 Å². The molecule has 0 radical (unpaired) electrons. The lowest BCUT2D eigenvalue weighted by Gasteiger charge is -2.26. The second kappa shape index (κ2) is 5.93. The van der Waals surface area contributed by atoms with Crippen molar-refractivity contribution in [3.63, 3.8) is 0 Å². The Bertz CT molecular complexity index is 400. The highest BCUT2D eigenvalue weighted by molar-refractivity contribution is 7.11. The number of ketones is 1. The largest absolute Gasteiger partial charge is 0.330 e. The molecule has 0 atom stereocenters. The van der Waals surface area contributed by atoms with Gasteiger partial charge in [0, 0.05) is 10.8 Å². The van der Waals surface area contributed by atoms with Crippen molar-refractivity contribution in [1.82, 2.24) is 4.98 Å². The molecular weight excluding hydrogens is 244 g/mol. The molecule has 100 valence electrons. The first-order chi connectivity index (χ1) is 8.60. The fraction of sp³-hybridized carbons (Fsp3) is 0.714. The second-order valence-corrected chi connectivity index (χ2v) is 6.63. The summed E-state index contributed by atoms with van der Waals surface area (Å²) in [6, 6.07) is 0. The van der Waals surface area contributed by atoms with Crippen LogP contribution in [0, 0.1) is 25.7 Å². The van der Waals surface area contributed by atoms with Gasteiger partial charge in [-0.25, -0.2) is 4.98 Å². The first-order valence-corrected chi connectivity index (χ1v) is 7.57. The number of rotatable bonds is 4. The van der Waals surface area contributed by atoms with E-state index in [1.165, 1.54) is 4.88 Å². The Morgan fingerprint density at radius 2 is 2.00 bits per heavy atom. The van der Waals surface area contributed by atoms with Gasteiger partial charge in [0.25, 0.3) is 0 Å². The molecule has 0 amide bonds. The molecule has 0 bridgehead atoms. The average Bonchev–Trinajstić information content (AvgIpc) is 2.68. The summed E-state index contributed by atoms with van der Waals surface area (Å²) >= 11 is 1.66. The van der Waals surface area contributed by atoms with Crippen molar-refractivity contribution in [2.45, 2.75) is 46.0 Å². The summed E-state index contributed by atoms with van der Waals surface area (Å²) in [5, 5.41) is 0.982. The van der Waals surface area contributed by atoms with Crippen LogP contribution in [0.3, 0.4) is 0 Å². The first kappa shape index (κ1) is 13.7. The zero-order valence-corrected chi connectivity index (χ0v) is 12.1. The molecule has 4 heteroatoms. The van der Waals surface area contributed by atoms with Crippen LogP contribution < -0.4 is 5.73 Å². The van der Waals surface area contributed by atoms with E-state index in [1.807, 2.05) is 6.92 Å². The lowest BCUT2D eigenvalue weighted by atomic mass is 9.79. The van der Waals surface area contributed by atoms with Gasteiger partial charge >= 0.3 is 0 Å². The summed E-state index contributed by atoms with van der Waals surface area (Å²) in [7, 11) is 0. The molecule has 1 aliphatic rings. The standard InChI is InChI=1S/C14H22N2OS/c1-9-10(2)18-14(16-9)7-13(17)12-5-3-11(8-15)4-6-12/h11-12H,3-8,15H2,1-2H3. The molecule has 0 aromatic carbocycles. The molecule has 3 nitrogen and oxygen atoms in total. The molecule has 0 aliphatic heterocycles. The number of carbonyl (C=O) groups is 1. The van der Waals surface area contributed by atoms with E-state index in [0.717, 1.165) is 42.9 Å². The molecule has 1 aliphatic carbocycles. The topological polar surface area (TPSA) is 56.0 Å². The minimum Gasteiger partial charge on any atom is -0.330 e. The molecular formula is C14H22N2OS. The lowest BCUT2D eigenvalue weighted by molar-refractivity contribution is -0.123. The highest BCUT2D eigenvalue weighted by atomic mass is 32.1. The van der Waals surface area contributed by atoms with Gasteiger partial charge in [0.05, 0.1) is 12.1 Å². The molecule has 1 fully saturated rings. The Kier molecular flexibility index (Phi) is 4.51. The third-order valence-electron chi connectivity index (χ3n) is 4.03. The van der Waals surface area contributed by atoms with Crippen molar-refractivity contribution in [3.8, 4) is 0 Å². The fourth-order valence-electron chi connectivity index (χ4n) is 2.63. The number of carbonyl (C=O) groups excluding carboxylic acids is 1. The second-order valence-electron chi connectivity index (χ2n) is 5.35. The highest BCUT2D eigenvalue weighted by Crippen LogP contribution is 2.30. The van der Waals surface area contributed by atoms with Crippen molar-refractivity contribution in [2.24, 2.45) is 17.6 Å². The van der Waals surface area contributed by atoms with Crippen LogP contribution in [0.15, 0.2) is 0 Å². The molecule has 1 heterocycles. The summed E-state index contributed by atoms with van der Waals surface area (Å²) in [6.07, 6.45) is 4.79. The minimum atomic E-state index is 0.248. The Morgan fingerprint density at radius 3 is 2.50 bits per heavy atom. The summed E-state index contributed by atoms with van der Waals surface area (Å²) in [4.78, 5) is 17.9. The Balaban J connectivity index is 1.89. The van der Waals surface area contributed by atoms with E-state index < -0.39 is 0 Å². The van der Waals surface area contributed by atoms with Crippen molar-refractivity contribution >= 4 is 17.1 Å². The van der Waals surface area contributed by atoms with Gasteiger partial charge in [-0.2, -0.15) is 0 Å². The number of nitrogens with two attached hydrogens (primary N) is 1. The van der Waals surface area contributed by atoms with Crippen LogP contribution in [0.4, 0.5) is 0 Å². The number of aryl methyl sites for hydroxylation is 2. The van der Waals surface area contributed by atoms with Crippen LogP contribution in [-0.4, -0.2) is 17.3 Å². The third kappa shape index (κ3) is 3.18. The lowest BCUT2D eigenvalue weighted by Crippen LogP contribution is -2.26. The SMILES string of the molecule is Cc1nc(CC(=O)C2CCC(CN)CC2)sc1C. The van der Waals surface area contributed by atoms with Crippen LogP contribution in [0.2, 0.25) is 0 Å². The molecule has 1 saturated carbocycles. The maximum Gasteiger partial charge on any atom is 0.142 e. The number of thiazole rings is 1. The smallest absolute Gasteiger partial charge is 0.142 e. The van der Waals surface area contributed by atoms with E-state index >= 15 is 0 Å². The molecule has 18 heavy (non-hydrogen) atoms. The van der Waals surface area contributed by atoms with Crippen molar-refractivity contribution in [1.29, 1.82) is 0 Å². The molecule has 2 N–H and O–H groups in total. The summed E-state index contributed by atoms with van der Waals surface area (Å²) < 4.78 is 0. The first-order valence-electron chi connectivity index (χ1n) is 6.75. The van der Waals surface area contributed by atoms with E-state index in [9.17, 15) is 4.79 Å². The zero-order valence-electron chi connectivity index (χ0n) is 11.2. The molecule has 2 rings (SSSR count). The Hall–Kier alpha value is -0.740. The van der Waals surface area contributed by atoms with Crippen LogP contribution >= 0.6 is 11.3 Å². The van der Waals surface area contributed by atoms with Crippen LogP contribution in [-0.2, 0) is 11.2 Å². The van der Waals surface area contributed by atoms with E-state index in [0.29, 0.717) is 18.1 Å². The Labute approximate surface area is 113 Å². The van der Waals surface area contributed by atoms with Crippen molar-refractivity contribution in [2.75, 3.05) is 6.54 Å². The van der Waals surface area contributed by atoms with Crippen LogP contribution in [0.5, 0.6) is 0 Å². The molecule has 0 unspecified atom stereocenters. The summed E-state index contributed by atoms with van der Waals surface area (Å²) in [5.41, 5.74) is 6.74. The van der Waals surface area contributed by atoms with Crippen molar-refractivity contribution in [3.05, 3.63) is 15.6 Å². The predicted octanol–water partition coefficient (Wildman–Crippen LogP) is 2.64. The van der Waals surface area contributed by atoms with Gasteiger partial charge in [-0.1, -0.05) is 0 Å². The quantitative estimate of drug-likeness (QED) is 0.911. The summed E-state index contributed by atoms with van der Waals surface area (Å²) in [5.74, 6) is 1.26. The van der Waals surface area contributed by atoms with Gasteiger partial charge in [0.1, 0.15) is 10.8 Å². The van der Waals surface area contributed by atoms with E-state index in [4.69, 9.17) is 5.73 Å². The molecule has 1 aromatic rings. The zero-order chi connectivity index (χ0) is 13.1. The van der Waals surface area contributed by atoms with E-state index in [1.54, 1.807) is 11.3 Å². The van der Waals surface area contributed by atoms with Gasteiger partial charge in [-0.3, -0.25) is 4.79 Å². The van der Waals surface area contributed by atoms with Gasteiger partial charge in [0.2, 0.25) is 0 Å². The molecule has 0 saturated heterocycles. The van der Waals surface area contributed by atoms with Gasteiger partial charge < -0.3 is 5.73 Å². The fourth-order valence-corrected chi connectivity index (χ4v) is 3.57. The van der Waals surface area contributed by atoms with E-state index in [-0.39, 0.29) is 5.92 Å². The highest BCUT2D eigenvalue weighted by Gasteiger charge is 2.26. The monoisotopic (exact) mass is 266 g/mol. The number of hydrogen-bond donors (Lipinski definition) is 1. The van der Waals surface area contributed by atoms with Crippen molar-refractivity contribution < 1.29 is 4.79 Å². The van der Waals surface area contributed by atoms with Gasteiger partial charge in [-0.15, -0.1) is 11.3 Å². The Morgan fingerprint density at radius 1 is 1.33 bits per heavy atom. The number of Topliss-reactive ketones (excluding diaryl/α,β-unsaturated/α-hetero) is 1. The number of nitrogens with zero attached hydrogens (tertiary/aromatic N) is 1. The average molecular weight is 266 g/mol. The minimum absolute atomic E-state index is 0.248. The maximum absolute atomic E-state index is 12.2. The molecule has 0 spiro atoms. The third-order valence-corrected chi connectivity index (χ3v) is 5.11.